The van der Waals surface area contributed by atoms with Crippen LogP contribution in [0.1, 0.15) is 219 Å². The molecular weight excluding hydrogens is 1040 g/mol. The molecule has 2 heterocycles. The molecule has 0 bridgehead atoms. The fraction of sp³-hybridized carbons (Fsp3) is 0.721. The Kier molecular flexibility index (Phi) is 47.4. The topological polar surface area (TPSA) is 228 Å². The lowest BCUT2D eigenvalue weighted by Crippen LogP contribution is -2.65. The van der Waals surface area contributed by atoms with Gasteiger partial charge in [0.05, 0.1) is 32.0 Å². The summed E-state index contributed by atoms with van der Waals surface area (Å²) >= 11 is 0. The molecule has 12 unspecified atom stereocenters. The van der Waals surface area contributed by atoms with Crippen LogP contribution in [-0.4, -0.2) is 140 Å². The van der Waals surface area contributed by atoms with Gasteiger partial charge < -0.3 is 65.1 Å². The minimum absolute atomic E-state index is 0.246. The van der Waals surface area contributed by atoms with Crippen LogP contribution in [0.15, 0.2) is 109 Å². The number of ether oxygens (including phenoxy) is 4. The molecule has 0 aromatic carbocycles. The Balaban J connectivity index is 1.78. The maximum Gasteiger partial charge on any atom is 0.220 e. The molecule has 12 atom stereocenters. The van der Waals surface area contributed by atoms with E-state index in [0.717, 1.165) is 103 Å². The molecule has 0 saturated carbocycles. The van der Waals surface area contributed by atoms with E-state index in [4.69, 9.17) is 18.9 Å². The lowest BCUT2D eigenvalue weighted by molar-refractivity contribution is -0.359. The van der Waals surface area contributed by atoms with Crippen molar-refractivity contribution in [3.63, 3.8) is 0 Å². The predicted octanol–water partition coefficient (Wildman–Crippen LogP) is 12.0. The molecular formula is C68H115NO13. The highest BCUT2D eigenvalue weighted by atomic mass is 16.7. The van der Waals surface area contributed by atoms with Crippen LogP contribution in [0.5, 0.6) is 0 Å². The van der Waals surface area contributed by atoms with E-state index in [1.807, 2.05) is 6.08 Å². The van der Waals surface area contributed by atoms with E-state index in [1.165, 1.54) is 83.5 Å². The van der Waals surface area contributed by atoms with E-state index in [0.29, 0.717) is 12.8 Å². The van der Waals surface area contributed by atoms with E-state index in [9.17, 15) is 45.6 Å². The number of carbonyl (C=O) groups excluding carboxylic acids is 1. The van der Waals surface area contributed by atoms with Crippen molar-refractivity contribution < 1.29 is 64.6 Å². The molecule has 0 aromatic heterocycles. The molecule has 1 amide bonds. The Hall–Kier alpha value is -3.35. The van der Waals surface area contributed by atoms with Gasteiger partial charge in [0.1, 0.15) is 48.8 Å². The first-order chi connectivity index (χ1) is 40.1. The highest BCUT2D eigenvalue weighted by Gasteiger charge is 2.51. The molecule has 0 aromatic rings. The molecule has 0 spiro atoms. The van der Waals surface area contributed by atoms with Crippen molar-refractivity contribution in [1.29, 1.82) is 0 Å². The van der Waals surface area contributed by atoms with Crippen LogP contribution in [0.3, 0.4) is 0 Å². The van der Waals surface area contributed by atoms with Gasteiger partial charge in [-0.1, -0.05) is 226 Å². The number of unbranched alkanes of at least 4 members (excludes halogenated alkanes) is 21. The summed E-state index contributed by atoms with van der Waals surface area (Å²) in [5.74, 6) is -0.272. The van der Waals surface area contributed by atoms with Gasteiger partial charge in [0.25, 0.3) is 0 Å². The Morgan fingerprint density at radius 3 is 1.34 bits per heavy atom. The van der Waals surface area contributed by atoms with E-state index < -0.39 is 86.8 Å². The summed E-state index contributed by atoms with van der Waals surface area (Å²) in [7, 11) is 0. The molecule has 14 heteroatoms. The molecule has 0 radical (unpaired) electrons. The molecule has 2 rings (SSSR count). The number of amides is 1. The number of aliphatic hydroxyl groups excluding tert-OH is 8. The highest BCUT2D eigenvalue weighted by molar-refractivity contribution is 5.76. The first kappa shape index (κ1) is 74.7. The minimum Gasteiger partial charge on any atom is -0.394 e. The van der Waals surface area contributed by atoms with Gasteiger partial charge in [-0.25, -0.2) is 0 Å². The summed E-state index contributed by atoms with van der Waals surface area (Å²) in [6, 6.07) is -0.955. The second-order valence-electron chi connectivity index (χ2n) is 22.1. The number of aliphatic hydroxyl groups is 8. The quantitative estimate of drug-likeness (QED) is 0.0204. The SMILES string of the molecule is CC/C=C\C/C=C\C/C=C\C/C=C\C/C=C\C/C=C\CCCCCCCCC(=O)NC(COC1OC(CO)C(OC2OC(CO)C(O)C(O)C2O)C(O)C1O)C(O)/C=C/CC/C=C/CC/C=C/CCCCCCCCCCCCCCC. The van der Waals surface area contributed by atoms with E-state index >= 15 is 0 Å². The molecule has 14 nitrogen and oxygen atoms in total. The van der Waals surface area contributed by atoms with E-state index in [1.54, 1.807) is 6.08 Å². The lowest BCUT2D eigenvalue weighted by atomic mass is 9.97. The molecule has 470 valence electrons. The van der Waals surface area contributed by atoms with Crippen LogP contribution in [0.4, 0.5) is 0 Å². The van der Waals surface area contributed by atoms with Crippen molar-refractivity contribution >= 4 is 5.91 Å². The van der Waals surface area contributed by atoms with Gasteiger partial charge in [-0.3, -0.25) is 4.79 Å². The minimum atomic E-state index is -1.80. The molecule has 9 N–H and O–H groups in total. The largest absolute Gasteiger partial charge is 0.394 e. The van der Waals surface area contributed by atoms with Crippen LogP contribution < -0.4 is 5.32 Å². The third-order valence-corrected chi connectivity index (χ3v) is 14.9. The molecule has 2 aliphatic rings. The number of rotatable bonds is 50. The standard InChI is InChI=1S/C68H115NO13/c1-3-5-7-9-11-13-15-17-19-21-23-25-27-28-30-32-34-36-38-40-42-44-46-48-50-52-60(73)69-56(55-79-67-65(78)63(76)66(59(54-71)81-67)82-68-64(77)62(75)61(74)58(53-70)80-68)57(72)51-49-47-45-43-41-39-37-35-33-31-29-26-24-22-20-18-16-14-12-10-8-6-4-2/h5,7,11,13,17,19,23,25,28,30,33-36,41,43,49,51,56-59,61-68,70-72,74-78H,3-4,6,8-10,12,14-16,18,20-22,24,26-27,29,31-32,37-40,42,44-48,50,52-55H2,1-2H3,(H,69,73)/b7-5-,13-11-,19-17-,25-23-,30-28-,35-33+,36-34-,43-41+,51-49+. The maximum absolute atomic E-state index is 13.3. The van der Waals surface area contributed by atoms with Crippen LogP contribution >= 0.6 is 0 Å². The van der Waals surface area contributed by atoms with Gasteiger partial charge in [-0.05, 0) is 96.3 Å². The van der Waals surface area contributed by atoms with Crippen molar-refractivity contribution in [2.24, 2.45) is 0 Å². The predicted molar refractivity (Wildman–Crippen MR) is 332 cm³/mol. The zero-order valence-electron chi connectivity index (χ0n) is 50.7. The number of nitrogens with one attached hydrogen (secondary N) is 1. The molecule has 2 aliphatic heterocycles. The van der Waals surface area contributed by atoms with Gasteiger partial charge in [-0.15, -0.1) is 0 Å². The maximum atomic E-state index is 13.3. The van der Waals surface area contributed by atoms with Crippen LogP contribution in [0.2, 0.25) is 0 Å². The first-order valence-electron chi connectivity index (χ1n) is 32.1. The summed E-state index contributed by atoms with van der Waals surface area (Å²) in [6.45, 7) is 2.65. The van der Waals surface area contributed by atoms with Crippen molar-refractivity contribution in [2.75, 3.05) is 19.8 Å². The zero-order chi connectivity index (χ0) is 59.5. The number of hydrogen-bond acceptors (Lipinski definition) is 13. The Labute approximate surface area is 495 Å². The molecule has 0 aliphatic carbocycles. The summed E-state index contributed by atoms with van der Waals surface area (Å²) in [6.07, 6.45) is 56.9. The summed E-state index contributed by atoms with van der Waals surface area (Å²) in [5.41, 5.74) is 0. The molecule has 2 saturated heterocycles. The second kappa shape index (κ2) is 52.0. The fourth-order valence-electron chi connectivity index (χ4n) is 9.80. The van der Waals surface area contributed by atoms with Crippen molar-refractivity contribution in [3.05, 3.63) is 109 Å². The Morgan fingerprint density at radius 1 is 0.451 bits per heavy atom. The van der Waals surface area contributed by atoms with Gasteiger partial charge in [-0.2, -0.15) is 0 Å². The average Bonchev–Trinajstić information content (AvgIpc) is 3.56. The molecule has 82 heavy (non-hydrogen) atoms. The third kappa shape index (κ3) is 36.5. The van der Waals surface area contributed by atoms with E-state index in [-0.39, 0.29) is 18.9 Å². The second-order valence-corrected chi connectivity index (χ2v) is 22.1. The first-order valence-corrected chi connectivity index (χ1v) is 32.1. The number of allylic oxidation sites excluding steroid dienone is 17. The fourth-order valence-corrected chi connectivity index (χ4v) is 9.80. The Morgan fingerprint density at radius 2 is 0.854 bits per heavy atom. The molecule has 2 fully saturated rings. The monoisotopic (exact) mass is 1150 g/mol. The van der Waals surface area contributed by atoms with Crippen molar-refractivity contribution in [1.82, 2.24) is 5.32 Å². The van der Waals surface area contributed by atoms with E-state index in [2.05, 4.69) is 116 Å². The summed E-state index contributed by atoms with van der Waals surface area (Å²) in [4.78, 5) is 13.3. The summed E-state index contributed by atoms with van der Waals surface area (Å²) < 4.78 is 22.8. The number of hydrogen-bond donors (Lipinski definition) is 9. The van der Waals surface area contributed by atoms with Crippen molar-refractivity contribution in [3.8, 4) is 0 Å². The van der Waals surface area contributed by atoms with Gasteiger partial charge >= 0.3 is 0 Å². The number of carbonyl (C=O) groups is 1. The van der Waals surface area contributed by atoms with Gasteiger partial charge in [0, 0.05) is 6.42 Å². The average molecular weight is 1150 g/mol. The van der Waals surface area contributed by atoms with Crippen LogP contribution in [0, 0.1) is 0 Å². The highest BCUT2D eigenvalue weighted by Crippen LogP contribution is 2.30. The van der Waals surface area contributed by atoms with Gasteiger partial charge in [0.2, 0.25) is 5.91 Å². The zero-order valence-corrected chi connectivity index (χ0v) is 50.7. The van der Waals surface area contributed by atoms with Gasteiger partial charge in [0.15, 0.2) is 12.6 Å². The summed E-state index contributed by atoms with van der Waals surface area (Å²) in [5, 5.41) is 87.2. The lowest BCUT2D eigenvalue weighted by Gasteiger charge is -2.46. The third-order valence-electron chi connectivity index (χ3n) is 14.9. The van der Waals surface area contributed by atoms with Crippen molar-refractivity contribution in [2.45, 2.75) is 293 Å². The normalized spacial score (nSPS) is 24.7. The van der Waals surface area contributed by atoms with Crippen LogP contribution in [0.25, 0.3) is 0 Å². The Bertz CT molecular complexity index is 1790. The smallest absolute Gasteiger partial charge is 0.220 e. The van der Waals surface area contributed by atoms with Crippen LogP contribution in [-0.2, 0) is 23.7 Å².